The first-order valence-electron chi connectivity index (χ1n) is 7.80. The van der Waals surface area contributed by atoms with Gasteiger partial charge in [0, 0.05) is 24.9 Å². The van der Waals surface area contributed by atoms with Crippen LogP contribution in [0.1, 0.15) is 13.8 Å². The molecule has 5 nitrogen and oxygen atoms in total. The number of rotatable bonds is 6. The molecule has 1 aromatic rings. The molecule has 0 aliphatic heterocycles. The van der Waals surface area contributed by atoms with Gasteiger partial charge in [0.15, 0.2) is 0 Å². The summed E-state index contributed by atoms with van der Waals surface area (Å²) in [5, 5.41) is 14.3. The molecule has 0 aromatic heterocycles. The van der Waals surface area contributed by atoms with Gasteiger partial charge in [0.1, 0.15) is 13.6 Å². The van der Waals surface area contributed by atoms with Crippen LogP contribution in [0.25, 0.3) is 11.6 Å². The van der Waals surface area contributed by atoms with Gasteiger partial charge in [-0.15, -0.1) is 0 Å². The molecule has 1 unspecified atom stereocenters. The zero-order valence-electron chi connectivity index (χ0n) is 15.7. The molecule has 0 spiro atoms. The standard InChI is InChI=1S/C18H25N3.2CH2O/c1-6-7-16-10-17(8-9-18(16)15(3)11-19)21(5)13-14(2)12-20-4;2*1-2/h6-10,14,20H,1,12-13H2,2-5H3;2*1H2/b16-7-,18-15+;;. The third-order valence-electron chi connectivity index (χ3n) is 3.48. The number of nitrogens with zero attached hydrogens (tertiary/aromatic N) is 2. The molecule has 5 heteroatoms. The summed E-state index contributed by atoms with van der Waals surface area (Å²) < 4.78 is 0. The smallest absolute Gasteiger partial charge is 0.106 e. The number of anilines is 1. The van der Waals surface area contributed by atoms with Crippen molar-refractivity contribution in [3.05, 3.63) is 41.3 Å². The average molecular weight is 343 g/mol. The van der Waals surface area contributed by atoms with Gasteiger partial charge >= 0.3 is 0 Å². The molecule has 1 aromatic carbocycles. The highest BCUT2D eigenvalue weighted by atomic mass is 16.1. The molecule has 25 heavy (non-hydrogen) atoms. The molecule has 0 radical (unpaired) electrons. The van der Waals surface area contributed by atoms with Crippen LogP contribution in [-0.2, 0) is 9.59 Å². The Hall–Kier alpha value is -2.71. The maximum Gasteiger partial charge on any atom is 0.106 e. The summed E-state index contributed by atoms with van der Waals surface area (Å²) in [5.74, 6) is 0.568. The average Bonchev–Trinajstić information content (AvgIpc) is 2.64. The van der Waals surface area contributed by atoms with E-state index in [1.165, 1.54) is 0 Å². The first kappa shape index (κ1) is 24.5. The maximum absolute atomic E-state index is 9.09. The highest BCUT2D eigenvalue weighted by Crippen LogP contribution is 2.10. The molecule has 0 amide bonds. The first-order chi connectivity index (χ1) is 12.0. The van der Waals surface area contributed by atoms with Crippen LogP contribution in [0.15, 0.2) is 30.9 Å². The normalized spacial score (nSPS) is 12.4. The lowest BCUT2D eigenvalue weighted by Crippen LogP contribution is -2.32. The number of carbonyl (C=O) groups is 2. The number of allylic oxidation sites excluding steroid dienone is 1. The van der Waals surface area contributed by atoms with Crippen LogP contribution >= 0.6 is 0 Å². The number of nitriles is 1. The molecule has 0 bridgehead atoms. The third kappa shape index (κ3) is 8.63. The van der Waals surface area contributed by atoms with E-state index in [-0.39, 0.29) is 0 Å². The van der Waals surface area contributed by atoms with Gasteiger partial charge < -0.3 is 19.8 Å². The van der Waals surface area contributed by atoms with Gasteiger partial charge in [-0.2, -0.15) is 5.26 Å². The Bertz CT molecular complexity index is 675. The maximum atomic E-state index is 9.09. The zero-order chi connectivity index (χ0) is 19.8. The van der Waals surface area contributed by atoms with Crippen molar-refractivity contribution >= 4 is 30.9 Å². The summed E-state index contributed by atoms with van der Waals surface area (Å²) in [6.07, 6.45) is 3.71. The lowest BCUT2D eigenvalue weighted by molar-refractivity contribution is -0.0987. The lowest BCUT2D eigenvalue weighted by Gasteiger charge is -2.23. The monoisotopic (exact) mass is 343 g/mol. The van der Waals surface area contributed by atoms with Crippen LogP contribution in [0.4, 0.5) is 5.69 Å². The summed E-state index contributed by atoms with van der Waals surface area (Å²) in [6, 6.07) is 8.42. The van der Waals surface area contributed by atoms with Crippen molar-refractivity contribution in [2.45, 2.75) is 13.8 Å². The number of nitrogens with one attached hydrogen (secondary N) is 1. The second kappa shape index (κ2) is 14.9. The van der Waals surface area contributed by atoms with Crippen molar-refractivity contribution in [1.82, 2.24) is 5.32 Å². The van der Waals surface area contributed by atoms with Crippen molar-refractivity contribution < 1.29 is 9.59 Å². The minimum Gasteiger partial charge on any atom is -0.374 e. The SMILES string of the molecule is C=C/C=c1/cc(N(C)CC(C)CNC)cc/c1=C(/C)C#N.C=O.C=O. The van der Waals surface area contributed by atoms with Crippen LogP contribution < -0.4 is 20.7 Å². The fraction of sp³-hybridized carbons (Fsp3) is 0.350. The predicted molar refractivity (Wildman–Crippen MR) is 106 cm³/mol. The summed E-state index contributed by atoms with van der Waals surface area (Å²) in [7, 11) is 4.07. The van der Waals surface area contributed by atoms with E-state index in [1.807, 2.05) is 39.7 Å². The molecule has 1 atom stereocenters. The molecular formula is C20H29N3O2. The highest BCUT2D eigenvalue weighted by molar-refractivity contribution is 5.60. The molecular weight excluding hydrogens is 314 g/mol. The summed E-state index contributed by atoms with van der Waals surface area (Å²) in [4.78, 5) is 18.2. The topological polar surface area (TPSA) is 73.2 Å². The molecule has 136 valence electrons. The molecule has 0 aliphatic carbocycles. The molecule has 0 aliphatic rings. The molecule has 1 rings (SSSR count). The van der Waals surface area contributed by atoms with E-state index in [0.717, 1.165) is 34.8 Å². The van der Waals surface area contributed by atoms with E-state index >= 15 is 0 Å². The Balaban J connectivity index is 0. The molecule has 0 heterocycles. The van der Waals surface area contributed by atoms with Crippen LogP contribution in [0.2, 0.25) is 0 Å². The van der Waals surface area contributed by atoms with Gasteiger partial charge in [0.25, 0.3) is 0 Å². The van der Waals surface area contributed by atoms with Crippen LogP contribution in [0, 0.1) is 17.2 Å². The van der Waals surface area contributed by atoms with E-state index in [2.05, 4.69) is 49.0 Å². The van der Waals surface area contributed by atoms with Gasteiger partial charge in [-0.1, -0.05) is 31.7 Å². The Morgan fingerprint density at radius 2 is 1.96 bits per heavy atom. The fourth-order valence-electron chi connectivity index (χ4n) is 2.44. The fourth-order valence-corrected chi connectivity index (χ4v) is 2.44. The van der Waals surface area contributed by atoms with Crippen molar-refractivity contribution in [3.8, 4) is 6.07 Å². The van der Waals surface area contributed by atoms with Gasteiger partial charge in [-0.25, -0.2) is 0 Å². The minimum absolute atomic E-state index is 0.568. The Labute approximate surface area is 151 Å². The second-order valence-electron chi connectivity index (χ2n) is 5.45. The first-order valence-corrected chi connectivity index (χ1v) is 7.80. The number of hydrogen-bond acceptors (Lipinski definition) is 5. The number of carbonyl (C=O) groups excluding carboxylic acids is 2. The minimum atomic E-state index is 0.568. The van der Waals surface area contributed by atoms with Crippen molar-refractivity contribution in [1.29, 1.82) is 5.26 Å². The molecule has 0 saturated heterocycles. The third-order valence-corrected chi connectivity index (χ3v) is 3.48. The predicted octanol–water partition coefficient (Wildman–Crippen LogP) is 1.27. The van der Waals surface area contributed by atoms with Gasteiger partial charge in [-0.05, 0) is 49.0 Å². The molecule has 0 saturated carbocycles. The summed E-state index contributed by atoms with van der Waals surface area (Å²) >= 11 is 0. The largest absolute Gasteiger partial charge is 0.374 e. The second-order valence-corrected chi connectivity index (χ2v) is 5.45. The van der Waals surface area contributed by atoms with Crippen molar-refractivity contribution in [2.24, 2.45) is 5.92 Å². The van der Waals surface area contributed by atoms with Gasteiger partial charge in [0.2, 0.25) is 0 Å². The van der Waals surface area contributed by atoms with Crippen molar-refractivity contribution in [2.75, 3.05) is 32.1 Å². The van der Waals surface area contributed by atoms with E-state index in [9.17, 15) is 0 Å². The summed E-state index contributed by atoms with van der Waals surface area (Å²) in [5.41, 5.74) is 1.88. The summed E-state index contributed by atoms with van der Waals surface area (Å²) in [6.45, 7) is 13.8. The van der Waals surface area contributed by atoms with E-state index in [4.69, 9.17) is 14.9 Å². The van der Waals surface area contributed by atoms with Crippen LogP contribution in [0.3, 0.4) is 0 Å². The van der Waals surface area contributed by atoms with Gasteiger partial charge in [-0.3, -0.25) is 0 Å². The number of hydrogen-bond donors (Lipinski definition) is 1. The Kier molecular flexibility index (Phi) is 14.6. The lowest BCUT2D eigenvalue weighted by atomic mass is 10.1. The van der Waals surface area contributed by atoms with E-state index in [1.54, 1.807) is 6.08 Å². The van der Waals surface area contributed by atoms with E-state index in [0.29, 0.717) is 5.92 Å². The Morgan fingerprint density at radius 1 is 1.36 bits per heavy atom. The van der Waals surface area contributed by atoms with Crippen LogP contribution in [-0.4, -0.2) is 40.8 Å². The molecule has 0 fully saturated rings. The number of benzene rings is 1. The van der Waals surface area contributed by atoms with Crippen molar-refractivity contribution in [3.63, 3.8) is 0 Å². The Morgan fingerprint density at radius 3 is 2.44 bits per heavy atom. The zero-order valence-corrected chi connectivity index (χ0v) is 15.7. The van der Waals surface area contributed by atoms with E-state index < -0.39 is 0 Å². The van der Waals surface area contributed by atoms with Gasteiger partial charge in [0.05, 0.1) is 6.07 Å². The molecule has 1 N–H and O–H groups in total. The van der Waals surface area contributed by atoms with Crippen LogP contribution in [0.5, 0.6) is 0 Å². The highest BCUT2D eigenvalue weighted by Gasteiger charge is 2.07. The quantitative estimate of drug-likeness (QED) is 0.842.